The Labute approximate surface area is 146 Å². The van der Waals surface area contributed by atoms with Crippen molar-refractivity contribution in [2.24, 2.45) is 11.1 Å². The van der Waals surface area contributed by atoms with Crippen molar-refractivity contribution in [3.8, 4) is 0 Å². The van der Waals surface area contributed by atoms with Crippen LogP contribution in [-0.4, -0.2) is 49.6 Å². The summed E-state index contributed by atoms with van der Waals surface area (Å²) in [6.45, 7) is 15.8. The summed E-state index contributed by atoms with van der Waals surface area (Å²) in [7, 11) is -1.16. The van der Waals surface area contributed by atoms with Crippen LogP contribution in [0.4, 0.5) is 4.79 Å². The first-order valence-electron chi connectivity index (χ1n) is 8.41. The lowest BCUT2D eigenvalue weighted by atomic mass is 9.83. The Hall–Kier alpha value is -0.416. The lowest BCUT2D eigenvalue weighted by molar-refractivity contribution is -0.0861. The van der Waals surface area contributed by atoms with Crippen molar-refractivity contribution < 1.29 is 18.4 Å². The van der Waals surface area contributed by atoms with Gasteiger partial charge in [-0.1, -0.05) is 26.9 Å². The number of hydrogen-bond donors (Lipinski definition) is 2. The van der Waals surface area contributed by atoms with E-state index >= 15 is 0 Å². The molecule has 0 aliphatic rings. The van der Waals surface area contributed by atoms with E-state index < -0.39 is 31.2 Å². The minimum atomic E-state index is -0.578. The van der Waals surface area contributed by atoms with Crippen LogP contribution in [0.3, 0.4) is 0 Å². The number of carbonyl (C=O) groups excluding carboxylic acids is 1. The number of ether oxygens (including phenoxy) is 1. The van der Waals surface area contributed by atoms with Gasteiger partial charge in [-0.05, 0) is 34.1 Å². The standard InChI is InChI=1S/C15H36N2O4Si2/c1-10(16)11(17-13(18)19-14(2,3)4)9-15(5,6)12(20-22-7)21-23-8/h10-12H,9,16,22-23H2,1-8H3,(H,17,18). The van der Waals surface area contributed by atoms with Gasteiger partial charge in [0.25, 0.3) is 0 Å². The Kier molecular flexibility index (Phi) is 9.60. The van der Waals surface area contributed by atoms with Crippen LogP contribution in [0.5, 0.6) is 0 Å². The number of hydrogen-bond acceptors (Lipinski definition) is 5. The summed E-state index contributed by atoms with van der Waals surface area (Å²) >= 11 is 0. The van der Waals surface area contributed by atoms with Gasteiger partial charge in [0.15, 0.2) is 19.5 Å². The number of carbonyl (C=O) groups is 1. The van der Waals surface area contributed by atoms with Gasteiger partial charge in [0.2, 0.25) is 0 Å². The second-order valence-electron chi connectivity index (χ2n) is 7.55. The largest absolute Gasteiger partial charge is 0.444 e. The molecule has 0 spiro atoms. The van der Waals surface area contributed by atoms with Gasteiger partial charge in [-0.25, -0.2) is 4.79 Å². The topological polar surface area (TPSA) is 82.8 Å². The maximum atomic E-state index is 12.0. The maximum absolute atomic E-state index is 12.0. The predicted molar refractivity (Wildman–Crippen MR) is 100.0 cm³/mol. The smallest absolute Gasteiger partial charge is 0.407 e. The summed E-state index contributed by atoms with van der Waals surface area (Å²) in [6.07, 6.45) is -0.00146. The van der Waals surface area contributed by atoms with Crippen LogP contribution in [0.15, 0.2) is 0 Å². The lowest BCUT2D eigenvalue weighted by Gasteiger charge is -2.38. The van der Waals surface area contributed by atoms with Gasteiger partial charge in [0, 0.05) is 17.5 Å². The van der Waals surface area contributed by atoms with Crippen molar-refractivity contribution >= 4 is 25.6 Å². The van der Waals surface area contributed by atoms with Gasteiger partial charge in [0.1, 0.15) is 11.9 Å². The molecule has 0 bridgehead atoms. The van der Waals surface area contributed by atoms with Crippen LogP contribution in [0, 0.1) is 5.41 Å². The average Bonchev–Trinajstić information content (AvgIpc) is 2.35. The van der Waals surface area contributed by atoms with Crippen LogP contribution in [0.1, 0.15) is 48.0 Å². The van der Waals surface area contributed by atoms with Gasteiger partial charge in [-0.15, -0.1) is 0 Å². The van der Waals surface area contributed by atoms with E-state index in [1.807, 2.05) is 27.7 Å². The Morgan fingerprint density at radius 1 is 1.13 bits per heavy atom. The van der Waals surface area contributed by atoms with Crippen LogP contribution in [0.2, 0.25) is 13.1 Å². The van der Waals surface area contributed by atoms with Crippen LogP contribution < -0.4 is 11.1 Å². The zero-order chi connectivity index (χ0) is 18.3. The molecular weight excluding hydrogens is 328 g/mol. The minimum absolute atomic E-state index is 0.194. The molecule has 6 nitrogen and oxygen atoms in total. The predicted octanol–water partition coefficient (Wildman–Crippen LogP) is 1.27. The van der Waals surface area contributed by atoms with Crippen molar-refractivity contribution in [1.82, 2.24) is 5.32 Å². The van der Waals surface area contributed by atoms with Crippen LogP contribution >= 0.6 is 0 Å². The highest BCUT2D eigenvalue weighted by Gasteiger charge is 2.35. The number of rotatable bonds is 9. The van der Waals surface area contributed by atoms with Gasteiger partial charge in [0.05, 0.1) is 0 Å². The summed E-state index contributed by atoms with van der Waals surface area (Å²) in [5.74, 6) is 0. The molecule has 0 radical (unpaired) electrons. The number of alkyl carbamates (subject to hydrolysis) is 1. The van der Waals surface area contributed by atoms with Crippen molar-refractivity contribution in [2.45, 2.75) is 85.0 Å². The zero-order valence-electron chi connectivity index (χ0n) is 16.1. The van der Waals surface area contributed by atoms with E-state index in [9.17, 15) is 4.79 Å². The molecule has 2 unspecified atom stereocenters. The number of nitrogens with two attached hydrogens (primary N) is 1. The molecule has 23 heavy (non-hydrogen) atoms. The van der Waals surface area contributed by atoms with E-state index in [1.54, 1.807) is 0 Å². The molecule has 0 aromatic rings. The molecule has 1 amide bonds. The SMILES string of the molecule is C[SiH2]OC(O[SiH2]C)C(C)(C)CC(NC(=O)OC(C)(C)C)C(C)N. The Balaban J connectivity index is 4.93. The number of nitrogens with one attached hydrogen (secondary N) is 1. The second-order valence-corrected chi connectivity index (χ2v) is 9.37. The summed E-state index contributed by atoms with van der Waals surface area (Å²) < 4.78 is 17.1. The van der Waals surface area contributed by atoms with Crippen LogP contribution in [0.25, 0.3) is 0 Å². The maximum Gasteiger partial charge on any atom is 0.407 e. The molecule has 138 valence electrons. The molecule has 0 heterocycles. The molecule has 3 N–H and O–H groups in total. The quantitative estimate of drug-likeness (QED) is 0.475. The molecular formula is C15H36N2O4Si2. The monoisotopic (exact) mass is 364 g/mol. The zero-order valence-corrected chi connectivity index (χ0v) is 18.9. The molecule has 0 aliphatic carbocycles. The van der Waals surface area contributed by atoms with E-state index in [2.05, 4.69) is 32.3 Å². The summed E-state index contributed by atoms with van der Waals surface area (Å²) in [4.78, 5) is 12.0. The first-order chi connectivity index (χ1) is 10.4. The molecule has 0 saturated carbocycles. The highest BCUT2D eigenvalue weighted by atomic mass is 28.2. The fraction of sp³-hybridized carbons (Fsp3) is 0.933. The third kappa shape index (κ3) is 9.46. The molecule has 0 aromatic carbocycles. The Bertz CT molecular complexity index is 354. The number of amides is 1. The lowest BCUT2D eigenvalue weighted by Crippen LogP contribution is -2.51. The first kappa shape index (κ1) is 22.6. The fourth-order valence-electron chi connectivity index (χ4n) is 2.29. The molecule has 0 saturated heterocycles. The third-order valence-corrected chi connectivity index (χ3v) is 4.63. The van der Waals surface area contributed by atoms with Gasteiger partial charge in [-0.2, -0.15) is 0 Å². The van der Waals surface area contributed by atoms with E-state index in [1.165, 1.54) is 0 Å². The second kappa shape index (κ2) is 9.78. The van der Waals surface area contributed by atoms with E-state index in [0.29, 0.717) is 6.42 Å². The van der Waals surface area contributed by atoms with E-state index in [-0.39, 0.29) is 23.8 Å². The Morgan fingerprint density at radius 2 is 1.61 bits per heavy atom. The van der Waals surface area contributed by atoms with E-state index in [4.69, 9.17) is 19.3 Å². The molecule has 0 fully saturated rings. The molecule has 8 heteroatoms. The normalized spacial score (nSPS) is 17.6. The van der Waals surface area contributed by atoms with Gasteiger partial charge >= 0.3 is 6.09 Å². The summed E-state index contributed by atoms with van der Waals surface area (Å²) in [6, 6.07) is -0.396. The molecule has 0 aromatic heterocycles. The molecule has 0 aliphatic heterocycles. The summed E-state index contributed by atoms with van der Waals surface area (Å²) in [5.41, 5.74) is 5.30. The molecule has 2 atom stereocenters. The van der Waals surface area contributed by atoms with Crippen LogP contribution in [-0.2, 0) is 13.6 Å². The molecule has 0 rings (SSSR count). The fourth-order valence-corrected chi connectivity index (χ4v) is 4.19. The van der Waals surface area contributed by atoms with Crippen molar-refractivity contribution in [3.05, 3.63) is 0 Å². The minimum Gasteiger partial charge on any atom is -0.444 e. The summed E-state index contributed by atoms with van der Waals surface area (Å²) in [5, 5.41) is 2.89. The highest BCUT2D eigenvalue weighted by molar-refractivity contribution is 6.26. The van der Waals surface area contributed by atoms with Crippen molar-refractivity contribution in [3.63, 3.8) is 0 Å². The van der Waals surface area contributed by atoms with Crippen molar-refractivity contribution in [2.75, 3.05) is 0 Å². The van der Waals surface area contributed by atoms with Gasteiger partial charge < -0.3 is 24.6 Å². The van der Waals surface area contributed by atoms with E-state index in [0.717, 1.165) is 0 Å². The average molecular weight is 365 g/mol. The van der Waals surface area contributed by atoms with Crippen molar-refractivity contribution in [1.29, 1.82) is 0 Å². The third-order valence-electron chi connectivity index (χ3n) is 3.36. The first-order valence-corrected chi connectivity index (χ1v) is 12.4. The van der Waals surface area contributed by atoms with Gasteiger partial charge in [-0.3, -0.25) is 0 Å². The Morgan fingerprint density at radius 3 is 1.96 bits per heavy atom. The highest BCUT2D eigenvalue weighted by Crippen LogP contribution is 2.30.